The van der Waals surface area contributed by atoms with Gasteiger partial charge in [0.25, 0.3) is 0 Å². The second kappa shape index (κ2) is 5.01. The second-order valence-corrected chi connectivity index (χ2v) is 4.32. The standard InChI is InChI=1S/C16H12N2O2/c19-15-10-12(14-6-2-4-8-18-14)16(20)9-11(15)13-5-1-3-7-17-13/h1-10,19-20H. The van der Waals surface area contributed by atoms with Crippen molar-refractivity contribution >= 4 is 0 Å². The topological polar surface area (TPSA) is 66.2 Å². The number of phenolic OH excluding ortho intramolecular Hbond substituents is 2. The van der Waals surface area contributed by atoms with Crippen LogP contribution in [0.25, 0.3) is 22.5 Å². The largest absolute Gasteiger partial charge is 0.507 e. The maximum atomic E-state index is 10.2. The van der Waals surface area contributed by atoms with E-state index in [1.807, 2.05) is 12.1 Å². The van der Waals surface area contributed by atoms with E-state index in [-0.39, 0.29) is 11.5 Å². The highest BCUT2D eigenvalue weighted by Crippen LogP contribution is 2.38. The van der Waals surface area contributed by atoms with Crippen molar-refractivity contribution in [1.82, 2.24) is 9.97 Å². The maximum absolute atomic E-state index is 10.2. The highest BCUT2D eigenvalue weighted by atomic mass is 16.3. The van der Waals surface area contributed by atoms with Crippen molar-refractivity contribution in [1.29, 1.82) is 0 Å². The maximum Gasteiger partial charge on any atom is 0.125 e. The van der Waals surface area contributed by atoms with Gasteiger partial charge in [0.2, 0.25) is 0 Å². The molecule has 0 radical (unpaired) electrons. The first-order chi connectivity index (χ1) is 9.75. The van der Waals surface area contributed by atoms with Gasteiger partial charge in [0.05, 0.1) is 11.4 Å². The number of aromatic nitrogens is 2. The van der Waals surface area contributed by atoms with Gasteiger partial charge >= 0.3 is 0 Å². The first-order valence-corrected chi connectivity index (χ1v) is 6.14. The molecule has 0 saturated heterocycles. The Kier molecular flexibility index (Phi) is 3.05. The zero-order valence-electron chi connectivity index (χ0n) is 10.6. The molecule has 0 atom stereocenters. The summed E-state index contributed by atoms with van der Waals surface area (Å²) in [6.07, 6.45) is 3.27. The molecule has 0 aliphatic heterocycles. The van der Waals surface area contributed by atoms with Crippen molar-refractivity contribution in [3.63, 3.8) is 0 Å². The third-order valence-corrected chi connectivity index (χ3v) is 3.00. The van der Waals surface area contributed by atoms with Crippen molar-refractivity contribution in [2.45, 2.75) is 0 Å². The van der Waals surface area contributed by atoms with Crippen LogP contribution in [0.4, 0.5) is 0 Å². The molecule has 2 aromatic heterocycles. The van der Waals surface area contributed by atoms with Gasteiger partial charge in [0, 0.05) is 23.5 Å². The quantitative estimate of drug-likeness (QED) is 0.697. The van der Waals surface area contributed by atoms with Crippen LogP contribution in [0.5, 0.6) is 11.5 Å². The van der Waals surface area contributed by atoms with E-state index in [0.29, 0.717) is 22.5 Å². The highest BCUT2D eigenvalue weighted by molar-refractivity contribution is 5.77. The molecule has 3 aromatic rings. The van der Waals surface area contributed by atoms with E-state index >= 15 is 0 Å². The van der Waals surface area contributed by atoms with E-state index in [1.54, 1.807) is 36.7 Å². The number of aromatic hydroxyl groups is 2. The summed E-state index contributed by atoms with van der Waals surface area (Å²) in [6.45, 7) is 0. The van der Waals surface area contributed by atoms with Crippen molar-refractivity contribution in [3.8, 4) is 34.0 Å². The number of phenols is 2. The van der Waals surface area contributed by atoms with Crippen LogP contribution in [0.15, 0.2) is 60.9 Å². The third-order valence-electron chi connectivity index (χ3n) is 3.00. The first-order valence-electron chi connectivity index (χ1n) is 6.14. The summed E-state index contributed by atoms with van der Waals surface area (Å²) in [5, 5.41) is 20.3. The van der Waals surface area contributed by atoms with Gasteiger partial charge in [0.15, 0.2) is 0 Å². The molecular formula is C16H12N2O2. The van der Waals surface area contributed by atoms with Crippen LogP contribution >= 0.6 is 0 Å². The number of rotatable bonds is 2. The minimum Gasteiger partial charge on any atom is -0.507 e. The van der Waals surface area contributed by atoms with E-state index in [4.69, 9.17) is 0 Å². The molecular weight excluding hydrogens is 252 g/mol. The van der Waals surface area contributed by atoms with E-state index in [2.05, 4.69) is 9.97 Å². The van der Waals surface area contributed by atoms with Gasteiger partial charge in [-0.05, 0) is 36.4 Å². The van der Waals surface area contributed by atoms with Gasteiger partial charge in [-0.1, -0.05) is 12.1 Å². The predicted molar refractivity (Wildman–Crippen MR) is 76.2 cm³/mol. The molecule has 2 heterocycles. The SMILES string of the molecule is Oc1cc(-c2ccccn2)c(O)cc1-c1ccccn1. The average Bonchev–Trinajstić information content (AvgIpc) is 2.51. The molecule has 0 spiro atoms. The summed E-state index contributed by atoms with van der Waals surface area (Å²) in [6, 6.07) is 13.8. The fourth-order valence-electron chi connectivity index (χ4n) is 2.03. The van der Waals surface area contributed by atoms with E-state index in [0.717, 1.165) is 0 Å². The Morgan fingerprint density at radius 1 is 0.650 bits per heavy atom. The lowest BCUT2D eigenvalue weighted by Crippen LogP contribution is -1.87. The predicted octanol–water partition coefficient (Wildman–Crippen LogP) is 3.22. The Morgan fingerprint density at radius 2 is 1.10 bits per heavy atom. The number of nitrogens with zero attached hydrogens (tertiary/aromatic N) is 2. The Morgan fingerprint density at radius 3 is 1.45 bits per heavy atom. The van der Waals surface area contributed by atoms with Gasteiger partial charge in [-0.25, -0.2) is 0 Å². The second-order valence-electron chi connectivity index (χ2n) is 4.32. The smallest absolute Gasteiger partial charge is 0.125 e. The van der Waals surface area contributed by atoms with Crippen LogP contribution in [0.3, 0.4) is 0 Å². The summed E-state index contributed by atoms with van der Waals surface area (Å²) in [5.41, 5.74) is 2.19. The summed E-state index contributed by atoms with van der Waals surface area (Å²) in [7, 11) is 0. The van der Waals surface area contributed by atoms with Gasteiger partial charge in [-0.15, -0.1) is 0 Å². The molecule has 2 N–H and O–H groups in total. The third kappa shape index (κ3) is 2.19. The van der Waals surface area contributed by atoms with E-state index in [9.17, 15) is 10.2 Å². The molecule has 0 bridgehead atoms. The van der Waals surface area contributed by atoms with Gasteiger partial charge < -0.3 is 10.2 Å². The molecule has 98 valence electrons. The van der Waals surface area contributed by atoms with E-state index < -0.39 is 0 Å². The van der Waals surface area contributed by atoms with Crippen LogP contribution in [-0.4, -0.2) is 20.2 Å². The normalized spacial score (nSPS) is 10.4. The van der Waals surface area contributed by atoms with E-state index in [1.165, 1.54) is 12.1 Å². The summed E-state index contributed by atoms with van der Waals surface area (Å²) in [4.78, 5) is 8.33. The van der Waals surface area contributed by atoms with Gasteiger partial charge in [0.1, 0.15) is 11.5 Å². The van der Waals surface area contributed by atoms with Crippen molar-refractivity contribution in [2.75, 3.05) is 0 Å². The lowest BCUT2D eigenvalue weighted by Gasteiger charge is -2.09. The molecule has 4 heteroatoms. The molecule has 0 aliphatic rings. The molecule has 3 rings (SSSR count). The highest BCUT2D eigenvalue weighted by Gasteiger charge is 2.13. The molecule has 4 nitrogen and oxygen atoms in total. The van der Waals surface area contributed by atoms with Crippen molar-refractivity contribution in [2.24, 2.45) is 0 Å². The minimum atomic E-state index is 0.0575. The monoisotopic (exact) mass is 264 g/mol. The lowest BCUT2D eigenvalue weighted by atomic mass is 10.0. The molecule has 0 fully saturated rings. The minimum absolute atomic E-state index is 0.0575. The Balaban J connectivity index is 2.13. The molecule has 0 saturated carbocycles. The number of hydrogen-bond acceptors (Lipinski definition) is 4. The summed E-state index contributed by atoms with van der Waals surface area (Å²) >= 11 is 0. The fraction of sp³-hybridized carbons (Fsp3) is 0. The molecule has 0 aliphatic carbocycles. The van der Waals surface area contributed by atoms with Crippen LogP contribution in [0, 0.1) is 0 Å². The van der Waals surface area contributed by atoms with Gasteiger partial charge in [-0.2, -0.15) is 0 Å². The molecule has 0 amide bonds. The molecule has 1 aromatic carbocycles. The van der Waals surface area contributed by atoms with Crippen molar-refractivity contribution in [3.05, 3.63) is 60.9 Å². The number of benzene rings is 1. The van der Waals surface area contributed by atoms with Crippen LogP contribution in [0.1, 0.15) is 0 Å². The van der Waals surface area contributed by atoms with Gasteiger partial charge in [-0.3, -0.25) is 9.97 Å². The first kappa shape index (κ1) is 12.2. The number of hydrogen-bond donors (Lipinski definition) is 2. The Hall–Kier alpha value is -2.88. The summed E-state index contributed by atoms with van der Waals surface area (Å²) < 4.78 is 0. The lowest BCUT2D eigenvalue weighted by molar-refractivity contribution is 0.463. The van der Waals surface area contributed by atoms with Crippen LogP contribution < -0.4 is 0 Å². The Bertz CT molecular complexity index is 663. The molecule has 0 unspecified atom stereocenters. The van der Waals surface area contributed by atoms with Crippen molar-refractivity contribution < 1.29 is 10.2 Å². The zero-order chi connectivity index (χ0) is 13.9. The average molecular weight is 264 g/mol. The fourth-order valence-corrected chi connectivity index (χ4v) is 2.03. The molecule has 20 heavy (non-hydrogen) atoms. The summed E-state index contributed by atoms with van der Waals surface area (Å²) in [5.74, 6) is 0.115. The zero-order valence-corrected chi connectivity index (χ0v) is 10.6. The van der Waals surface area contributed by atoms with Crippen LogP contribution in [0.2, 0.25) is 0 Å². The number of pyridine rings is 2. The van der Waals surface area contributed by atoms with Crippen LogP contribution in [-0.2, 0) is 0 Å². The Labute approximate surface area is 116 Å².